The molecule has 0 radical (unpaired) electrons. The van der Waals surface area contributed by atoms with Crippen molar-refractivity contribution in [3.63, 3.8) is 0 Å². The minimum Gasteiger partial charge on any atom is -0.870 e. The van der Waals surface area contributed by atoms with E-state index in [-0.39, 0.29) is 70.3 Å². The third-order valence-electron chi connectivity index (χ3n) is 0. The van der Waals surface area contributed by atoms with Gasteiger partial charge in [0.2, 0.25) is 0 Å². The predicted molar refractivity (Wildman–Crippen MR) is 11.1 cm³/mol. The molecule has 38 valence electrons. The molecule has 0 unspecified atom stereocenters. The fraction of sp³-hybridized carbons (Fsp3) is 0. The summed E-state index contributed by atoms with van der Waals surface area (Å²) in [4.78, 5) is 0. The minimum absolute atomic E-state index is 0. The van der Waals surface area contributed by atoms with Gasteiger partial charge in [-0.2, -0.15) is 0 Å². The van der Waals surface area contributed by atoms with E-state index in [0.717, 1.165) is 0 Å². The van der Waals surface area contributed by atoms with E-state index in [1.165, 1.54) is 0 Å². The summed E-state index contributed by atoms with van der Waals surface area (Å²) in [7, 11) is 0. The van der Waals surface area contributed by atoms with E-state index in [1.807, 2.05) is 0 Å². The maximum atomic E-state index is 0. The summed E-state index contributed by atoms with van der Waals surface area (Å²) in [6.45, 7) is 0. The van der Waals surface area contributed by atoms with Gasteiger partial charge in [-0.3, -0.25) is 0 Å². The molecular formula is H6CdO4W. The van der Waals surface area contributed by atoms with Crippen LogP contribution >= 0.6 is 0 Å². The van der Waals surface area contributed by atoms with Crippen LogP contribution in [0.15, 0.2) is 0 Å². The van der Waals surface area contributed by atoms with E-state index in [4.69, 9.17) is 0 Å². The van der Waals surface area contributed by atoms with Gasteiger partial charge in [-0.1, -0.05) is 0 Å². The van der Waals surface area contributed by atoms with Crippen molar-refractivity contribution in [1.82, 2.24) is 0 Å². The SMILES string of the molecule is O.O.[Cd+2].[OH-].[OH-].[W]. The van der Waals surface area contributed by atoms with Crippen molar-refractivity contribution in [1.29, 1.82) is 0 Å². The van der Waals surface area contributed by atoms with Crippen LogP contribution in [0.25, 0.3) is 0 Å². The first-order valence-electron chi connectivity index (χ1n) is 0. The molecule has 0 saturated carbocycles. The van der Waals surface area contributed by atoms with Crippen molar-refractivity contribution in [2.45, 2.75) is 0 Å². The smallest absolute Gasteiger partial charge is 0.870 e. The summed E-state index contributed by atoms with van der Waals surface area (Å²) in [5, 5.41) is 0. The first-order chi connectivity index (χ1) is 0. The molecule has 4 nitrogen and oxygen atoms in total. The van der Waals surface area contributed by atoms with Gasteiger partial charge >= 0.3 is 27.3 Å². The Labute approximate surface area is 70.0 Å². The third-order valence-corrected chi connectivity index (χ3v) is 0. The Kier molecular flexibility index (Phi) is 2240. The van der Waals surface area contributed by atoms with Crippen LogP contribution in [0, 0.1) is 0 Å². The molecule has 0 spiro atoms. The van der Waals surface area contributed by atoms with E-state index in [1.54, 1.807) is 0 Å². The normalized spacial score (nSPS) is 0. The van der Waals surface area contributed by atoms with Gasteiger partial charge in [-0.15, -0.1) is 0 Å². The second-order valence-corrected chi connectivity index (χ2v) is 0. The quantitative estimate of drug-likeness (QED) is 0.460. The van der Waals surface area contributed by atoms with Gasteiger partial charge < -0.3 is 21.9 Å². The molecule has 0 amide bonds. The summed E-state index contributed by atoms with van der Waals surface area (Å²) in [6, 6.07) is 0. The number of hydrogen-bond acceptors (Lipinski definition) is 2. The van der Waals surface area contributed by atoms with Crippen LogP contribution in [-0.2, 0) is 48.4 Å². The molecule has 6 N–H and O–H groups in total. The zero-order chi connectivity index (χ0) is 0. The Morgan fingerprint density at radius 1 is 0.667 bits per heavy atom. The van der Waals surface area contributed by atoms with E-state index in [0.29, 0.717) is 0 Å². The molecule has 0 aromatic rings. The maximum absolute atomic E-state index is 0. The van der Waals surface area contributed by atoms with Crippen LogP contribution in [0.3, 0.4) is 0 Å². The molecule has 0 aliphatic heterocycles. The Balaban J connectivity index is 0. The fourth-order valence-corrected chi connectivity index (χ4v) is 0. The van der Waals surface area contributed by atoms with Crippen molar-refractivity contribution in [2.75, 3.05) is 0 Å². The van der Waals surface area contributed by atoms with E-state index in [2.05, 4.69) is 0 Å². The molecule has 0 fully saturated rings. The largest absolute Gasteiger partial charge is 2.00 e. The molecule has 0 rings (SSSR count). The zero-order valence-corrected chi connectivity index (χ0v) is 9.98. The minimum atomic E-state index is 0. The molecule has 0 aliphatic rings. The Morgan fingerprint density at radius 3 is 0.667 bits per heavy atom. The number of hydrogen-bond donors (Lipinski definition) is 0. The van der Waals surface area contributed by atoms with E-state index < -0.39 is 0 Å². The van der Waals surface area contributed by atoms with Gasteiger partial charge in [-0.25, -0.2) is 0 Å². The van der Waals surface area contributed by atoms with Gasteiger partial charge in [0.25, 0.3) is 0 Å². The van der Waals surface area contributed by atoms with Crippen LogP contribution < -0.4 is 0 Å². The first kappa shape index (κ1) is 147. The van der Waals surface area contributed by atoms with Crippen LogP contribution in [0.4, 0.5) is 0 Å². The molecule has 0 atom stereocenters. The number of rotatable bonds is 0. The standard InChI is InChI=1S/Cd.4H2O.W/h;4*1H2;/q+2;;;;;/p-2. The average Bonchev–Trinajstić information content (AvgIpc) is 0. The fourth-order valence-electron chi connectivity index (χ4n) is 0. The molecule has 6 heavy (non-hydrogen) atoms. The van der Waals surface area contributed by atoms with Crippen molar-refractivity contribution in [3.8, 4) is 0 Å². The summed E-state index contributed by atoms with van der Waals surface area (Å²) in [5.41, 5.74) is 0. The summed E-state index contributed by atoms with van der Waals surface area (Å²) in [5.74, 6) is 0. The van der Waals surface area contributed by atoms with Crippen LogP contribution in [-0.4, -0.2) is 21.9 Å². The first-order valence-corrected chi connectivity index (χ1v) is 0. The van der Waals surface area contributed by atoms with Crippen molar-refractivity contribution in [3.05, 3.63) is 0 Å². The monoisotopic (exact) mass is 368 g/mol. The molecule has 0 aliphatic carbocycles. The second kappa shape index (κ2) is 91.1. The van der Waals surface area contributed by atoms with Crippen LogP contribution in [0.5, 0.6) is 0 Å². The van der Waals surface area contributed by atoms with Crippen LogP contribution in [0.1, 0.15) is 0 Å². The molecule has 6 heteroatoms. The average molecular weight is 366 g/mol. The molecule has 0 heterocycles. The van der Waals surface area contributed by atoms with Gasteiger partial charge in [0.15, 0.2) is 0 Å². The molecule has 0 aromatic heterocycles. The molecule has 0 saturated heterocycles. The summed E-state index contributed by atoms with van der Waals surface area (Å²) in [6.07, 6.45) is 0. The van der Waals surface area contributed by atoms with Gasteiger partial charge in [0.05, 0.1) is 0 Å². The topological polar surface area (TPSA) is 123 Å². The third kappa shape index (κ3) is 51.3. The van der Waals surface area contributed by atoms with Crippen molar-refractivity contribution >= 4 is 0 Å². The Morgan fingerprint density at radius 2 is 0.667 bits per heavy atom. The summed E-state index contributed by atoms with van der Waals surface area (Å²) >= 11 is 0. The van der Waals surface area contributed by atoms with Gasteiger partial charge in [-0.05, 0) is 0 Å². The zero-order valence-electron chi connectivity index (χ0n) is 3.01. The Hall–Kier alpha value is 1.45. The summed E-state index contributed by atoms with van der Waals surface area (Å²) < 4.78 is 0. The van der Waals surface area contributed by atoms with Gasteiger partial charge in [0, 0.05) is 21.1 Å². The van der Waals surface area contributed by atoms with Crippen molar-refractivity contribution < 1.29 is 70.3 Å². The molecule has 0 aromatic carbocycles. The Bertz CT molecular complexity index is 7.51. The van der Waals surface area contributed by atoms with Gasteiger partial charge in [0.1, 0.15) is 0 Å². The van der Waals surface area contributed by atoms with E-state index >= 15 is 0 Å². The van der Waals surface area contributed by atoms with E-state index in [9.17, 15) is 0 Å². The second-order valence-electron chi connectivity index (χ2n) is 0. The maximum Gasteiger partial charge on any atom is 2.00 e. The van der Waals surface area contributed by atoms with Crippen molar-refractivity contribution in [2.24, 2.45) is 0 Å². The predicted octanol–water partition coefficient (Wildman–Crippen LogP) is -2.01. The van der Waals surface area contributed by atoms with Crippen LogP contribution in [0.2, 0.25) is 0 Å². The molecule has 0 bridgehead atoms. The molecular weight excluding hydrogens is 360 g/mol.